The molecule has 0 spiro atoms. The number of H-pyrrole nitrogens is 1. The van der Waals surface area contributed by atoms with Crippen LogP contribution in [0.4, 0.5) is 0 Å². The van der Waals surface area contributed by atoms with Crippen molar-refractivity contribution in [3.05, 3.63) is 47.5 Å². The highest BCUT2D eigenvalue weighted by molar-refractivity contribution is 7.89. The molecule has 1 unspecified atom stereocenters. The highest BCUT2D eigenvalue weighted by atomic mass is 32.2. The number of imidazole rings is 1. The van der Waals surface area contributed by atoms with Crippen LogP contribution >= 0.6 is 0 Å². The van der Waals surface area contributed by atoms with Crippen LogP contribution in [0.25, 0.3) is 0 Å². The second-order valence-corrected chi connectivity index (χ2v) is 6.20. The van der Waals surface area contributed by atoms with Crippen molar-refractivity contribution in [2.75, 3.05) is 0 Å². The summed E-state index contributed by atoms with van der Waals surface area (Å²) in [6.45, 7) is 3.20. The van der Waals surface area contributed by atoms with Crippen LogP contribution < -0.4 is 4.72 Å². The van der Waals surface area contributed by atoms with Crippen LogP contribution in [-0.2, 0) is 16.6 Å². The zero-order valence-corrected chi connectivity index (χ0v) is 12.1. The van der Waals surface area contributed by atoms with Gasteiger partial charge < -0.3 is 10.1 Å². The number of nitrogens with zero attached hydrogens (tertiary/aromatic N) is 1. The third kappa shape index (κ3) is 2.90. The first-order chi connectivity index (χ1) is 9.45. The Balaban J connectivity index is 2.31. The molecule has 1 aromatic heterocycles. The number of aromatic nitrogens is 2. The summed E-state index contributed by atoms with van der Waals surface area (Å²) < 4.78 is 27.3. The van der Waals surface area contributed by atoms with Crippen molar-refractivity contribution in [3.63, 3.8) is 0 Å². The van der Waals surface area contributed by atoms with Crippen LogP contribution in [0.5, 0.6) is 0 Å². The number of benzene rings is 1. The number of aromatic amines is 1. The summed E-state index contributed by atoms with van der Waals surface area (Å²) in [5, 5.41) is 9.21. The van der Waals surface area contributed by atoms with Crippen LogP contribution in [0.2, 0.25) is 0 Å². The van der Waals surface area contributed by atoms with Crippen molar-refractivity contribution in [3.8, 4) is 0 Å². The maximum absolute atomic E-state index is 12.4. The lowest BCUT2D eigenvalue weighted by Gasteiger charge is -2.15. The summed E-state index contributed by atoms with van der Waals surface area (Å²) in [5.41, 5.74) is 1.15. The summed E-state index contributed by atoms with van der Waals surface area (Å²) in [7, 11) is -3.67. The Kier molecular flexibility index (Phi) is 4.22. The third-order valence-electron chi connectivity index (χ3n) is 3.12. The maximum Gasteiger partial charge on any atom is 0.241 e. The van der Waals surface area contributed by atoms with Crippen molar-refractivity contribution in [1.82, 2.24) is 14.7 Å². The average Bonchev–Trinajstić information content (AvgIpc) is 2.92. The normalized spacial score (nSPS) is 13.3. The van der Waals surface area contributed by atoms with E-state index in [2.05, 4.69) is 14.7 Å². The molecule has 0 amide bonds. The predicted octanol–water partition coefficient (Wildman–Crippen LogP) is 1.25. The molecule has 0 aliphatic carbocycles. The van der Waals surface area contributed by atoms with Crippen LogP contribution in [0.1, 0.15) is 29.9 Å². The largest absolute Gasteiger partial charge is 0.392 e. The fourth-order valence-electron chi connectivity index (χ4n) is 1.99. The SMILES string of the molecule is Cc1c(CO)cccc1S(=O)(=O)NC(C)c1ncc[nH]1. The Morgan fingerprint density at radius 2 is 2.20 bits per heavy atom. The minimum Gasteiger partial charge on any atom is -0.392 e. The molecule has 0 bridgehead atoms. The Morgan fingerprint density at radius 1 is 1.45 bits per heavy atom. The van der Waals surface area contributed by atoms with E-state index in [0.717, 1.165) is 0 Å². The molecule has 0 aliphatic heterocycles. The van der Waals surface area contributed by atoms with Gasteiger partial charge in [-0.05, 0) is 31.0 Å². The van der Waals surface area contributed by atoms with Crippen LogP contribution in [0, 0.1) is 6.92 Å². The van der Waals surface area contributed by atoms with Gasteiger partial charge >= 0.3 is 0 Å². The van der Waals surface area contributed by atoms with Gasteiger partial charge in [-0.3, -0.25) is 0 Å². The Hall–Kier alpha value is -1.70. The molecule has 20 heavy (non-hydrogen) atoms. The molecule has 6 nitrogen and oxygen atoms in total. The number of aliphatic hydroxyl groups excluding tert-OH is 1. The van der Waals surface area contributed by atoms with Gasteiger partial charge in [0.1, 0.15) is 5.82 Å². The van der Waals surface area contributed by atoms with E-state index in [4.69, 9.17) is 0 Å². The lowest BCUT2D eigenvalue weighted by Crippen LogP contribution is -2.28. The van der Waals surface area contributed by atoms with E-state index in [9.17, 15) is 13.5 Å². The van der Waals surface area contributed by atoms with Gasteiger partial charge in [-0.15, -0.1) is 0 Å². The number of hydrogen-bond donors (Lipinski definition) is 3. The lowest BCUT2D eigenvalue weighted by atomic mass is 10.1. The summed E-state index contributed by atoms with van der Waals surface area (Å²) in [5.74, 6) is 0.546. The molecule has 3 N–H and O–H groups in total. The van der Waals surface area contributed by atoms with Crippen LogP contribution in [0.3, 0.4) is 0 Å². The second-order valence-electron chi connectivity index (χ2n) is 4.52. The molecule has 1 aromatic carbocycles. The Labute approximate surface area is 117 Å². The van der Waals surface area contributed by atoms with Crippen molar-refractivity contribution < 1.29 is 13.5 Å². The molecule has 2 rings (SSSR count). The molecule has 1 heterocycles. The van der Waals surface area contributed by atoms with Crippen LogP contribution in [-0.4, -0.2) is 23.5 Å². The first-order valence-electron chi connectivity index (χ1n) is 6.16. The molecule has 0 saturated carbocycles. The Bertz CT molecular complexity index is 681. The smallest absolute Gasteiger partial charge is 0.241 e. The van der Waals surface area contributed by atoms with Gasteiger partial charge in [-0.2, -0.15) is 0 Å². The molecule has 0 aliphatic rings. The third-order valence-corrected chi connectivity index (χ3v) is 4.80. The van der Waals surface area contributed by atoms with E-state index in [0.29, 0.717) is 17.0 Å². The molecule has 0 saturated heterocycles. The minimum atomic E-state index is -3.67. The Morgan fingerprint density at radius 3 is 2.80 bits per heavy atom. The van der Waals surface area contributed by atoms with Gasteiger partial charge in [-0.25, -0.2) is 18.1 Å². The molecule has 0 radical (unpaired) electrons. The second kappa shape index (κ2) is 5.74. The summed E-state index contributed by atoms with van der Waals surface area (Å²) in [4.78, 5) is 7.07. The van der Waals surface area contributed by atoms with Gasteiger partial charge in [0.15, 0.2) is 0 Å². The molecule has 1 atom stereocenters. The summed E-state index contributed by atoms with van der Waals surface area (Å²) >= 11 is 0. The van der Waals surface area contributed by atoms with E-state index >= 15 is 0 Å². The molecular weight excluding hydrogens is 278 g/mol. The van der Waals surface area contributed by atoms with Gasteiger partial charge in [-0.1, -0.05) is 12.1 Å². The van der Waals surface area contributed by atoms with Crippen molar-refractivity contribution in [2.45, 2.75) is 31.4 Å². The van der Waals surface area contributed by atoms with Crippen molar-refractivity contribution in [1.29, 1.82) is 0 Å². The van der Waals surface area contributed by atoms with E-state index < -0.39 is 16.1 Å². The topological polar surface area (TPSA) is 95.1 Å². The molecule has 2 aromatic rings. The fourth-order valence-corrected chi connectivity index (χ4v) is 3.48. The molecule has 7 heteroatoms. The van der Waals surface area contributed by atoms with Gasteiger partial charge in [0, 0.05) is 12.4 Å². The number of aliphatic hydroxyl groups is 1. The monoisotopic (exact) mass is 295 g/mol. The number of hydrogen-bond acceptors (Lipinski definition) is 4. The van der Waals surface area contributed by atoms with Gasteiger partial charge in [0.2, 0.25) is 10.0 Å². The first kappa shape index (κ1) is 14.7. The predicted molar refractivity (Wildman–Crippen MR) is 74.4 cm³/mol. The van der Waals surface area contributed by atoms with E-state index in [1.165, 1.54) is 6.07 Å². The standard InChI is InChI=1S/C13H17N3O3S/c1-9-11(8-17)4-3-5-12(9)20(18,19)16-10(2)13-14-6-7-15-13/h3-7,10,16-17H,8H2,1-2H3,(H,14,15). The number of nitrogens with one attached hydrogen (secondary N) is 2. The molecule has 0 fully saturated rings. The summed E-state index contributed by atoms with van der Waals surface area (Å²) in [6.07, 6.45) is 3.20. The van der Waals surface area contributed by atoms with Crippen molar-refractivity contribution in [2.24, 2.45) is 0 Å². The van der Waals surface area contributed by atoms with Gasteiger partial charge in [0.25, 0.3) is 0 Å². The lowest BCUT2D eigenvalue weighted by molar-refractivity contribution is 0.280. The van der Waals surface area contributed by atoms with E-state index in [1.807, 2.05) is 0 Å². The van der Waals surface area contributed by atoms with E-state index in [-0.39, 0.29) is 11.5 Å². The van der Waals surface area contributed by atoms with Gasteiger partial charge in [0.05, 0.1) is 17.5 Å². The zero-order valence-electron chi connectivity index (χ0n) is 11.3. The minimum absolute atomic E-state index is 0.169. The van der Waals surface area contributed by atoms with Crippen molar-refractivity contribution >= 4 is 10.0 Å². The maximum atomic E-state index is 12.4. The average molecular weight is 295 g/mol. The zero-order chi connectivity index (χ0) is 14.8. The highest BCUT2D eigenvalue weighted by Gasteiger charge is 2.22. The first-order valence-corrected chi connectivity index (χ1v) is 7.65. The molecular formula is C13H17N3O3S. The number of rotatable bonds is 5. The summed E-state index contributed by atoms with van der Waals surface area (Å²) in [6, 6.07) is 4.37. The fraction of sp³-hybridized carbons (Fsp3) is 0.308. The quantitative estimate of drug-likeness (QED) is 0.773. The highest BCUT2D eigenvalue weighted by Crippen LogP contribution is 2.20. The number of sulfonamides is 1. The molecule has 108 valence electrons. The van der Waals surface area contributed by atoms with Crippen LogP contribution in [0.15, 0.2) is 35.5 Å². The van der Waals surface area contributed by atoms with E-state index in [1.54, 1.807) is 38.4 Å².